The number of carbonyl (C=O) groups excluding carboxylic acids is 1. The minimum absolute atomic E-state index is 0.0952. The van der Waals surface area contributed by atoms with E-state index >= 15 is 0 Å². The Morgan fingerprint density at radius 3 is 2.79 bits per heavy atom. The number of hydrogen-bond acceptors (Lipinski definition) is 7. The van der Waals surface area contributed by atoms with Crippen LogP contribution in [0.15, 0.2) is 27.7 Å². The Hall–Kier alpha value is -2.46. The lowest BCUT2D eigenvalue weighted by atomic mass is 9.99. The Morgan fingerprint density at radius 1 is 1.39 bits per heavy atom. The first-order valence-corrected chi connectivity index (χ1v) is 10.5. The van der Waals surface area contributed by atoms with Crippen molar-refractivity contribution in [2.24, 2.45) is 5.92 Å². The summed E-state index contributed by atoms with van der Waals surface area (Å²) < 4.78 is 37.3. The van der Waals surface area contributed by atoms with Gasteiger partial charge in [0.05, 0.1) is 13.0 Å². The molecule has 1 N–H and O–H groups in total. The number of nitrogens with one attached hydrogen (secondary N) is 1. The predicted octanol–water partition coefficient (Wildman–Crippen LogP) is 1.41. The monoisotopic (exact) mass is 408 g/mol. The second-order valence-electron chi connectivity index (χ2n) is 6.78. The number of hydrogen-bond donors (Lipinski definition) is 1. The number of amides is 1. The van der Waals surface area contributed by atoms with E-state index in [1.165, 1.54) is 11.4 Å². The van der Waals surface area contributed by atoms with Crippen LogP contribution in [0.4, 0.5) is 0 Å². The molecule has 0 radical (unpaired) electrons. The number of ether oxygens (including phenoxy) is 1. The van der Waals surface area contributed by atoms with Crippen LogP contribution in [0.2, 0.25) is 0 Å². The van der Waals surface area contributed by atoms with Crippen molar-refractivity contribution in [1.82, 2.24) is 19.8 Å². The van der Waals surface area contributed by atoms with Gasteiger partial charge in [-0.25, -0.2) is 13.4 Å². The van der Waals surface area contributed by atoms with Gasteiger partial charge in [-0.2, -0.15) is 4.31 Å². The standard InChI is InChI=1S/C18H24N4O5S/c1-12-17(13(2)27-21-12)28(24,25)22-8-4-5-15(11-22)18(23)20-10-14-6-7-16(26-3)19-9-14/h6-7,9,15H,4-5,8,10-11H2,1-3H3,(H,20,23)/t15-/m1/s1. The van der Waals surface area contributed by atoms with E-state index in [4.69, 9.17) is 9.26 Å². The molecular formula is C18H24N4O5S. The molecule has 152 valence electrons. The van der Waals surface area contributed by atoms with E-state index in [0.29, 0.717) is 37.5 Å². The van der Waals surface area contributed by atoms with E-state index in [-0.39, 0.29) is 23.1 Å². The molecule has 1 aliphatic heterocycles. The van der Waals surface area contributed by atoms with E-state index in [0.717, 1.165) is 5.56 Å². The van der Waals surface area contributed by atoms with Crippen molar-refractivity contribution in [1.29, 1.82) is 0 Å². The average molecular weight is 408 g/mol. The molecule has 0 spiro atoms. The molecule has 1 atom stereocenters. The lowest BCUT2D eigenvalue weighted by Crippen LogP contribution is -2.45. The lowest BCUT2D eigenvalue weighted by molar-refractivity contribution is -0.126. The topological polar surface area (TPSA) is 115 Å². The summed E-state index contributed by atoms with van der Waals surface area (Å²) in [4.78, 5) is 16.8. The third-order valence-corrected chi connectivity index (χ3v) is 6.90. The first-order chi connectivity index (χ1) is 13.3. The van der Waals surface area contributed by atoms with E-state index in [2.05, 4.69) is 15.5 Å². The minimum Gasteiger partial charge on any atom is -0.481 e. The van der Waals surface area contributed by atoms with Gasteiger partial charge in [-0.05, 0) is 32.3 Å². The molecule has 3 heterocycles. The van der Waals surface area contributed by atoms with Gasteiger partial charge in [-0.15, -0.1) is 0 Å². The van der Waals surface area contributed by atoms with Gasteiger partial charge >= 0.3 is 0 Å². The van der Waals surface area contributed by atoms with Gasteiger partial charge in [0.15, 0.2) is 5.76 Å². The number of methoxy groups -OCH3 is 1. The number of pyridine rings is 1. The largest absolute Gasteiger partial charge is 0.481 e. The molecule has 1 saturated heterocycles. The van der Waals surface area contributed by atoms with Crippen LogP contribution in [0.5, 0.6) is 5.88 Å². The van der Waals surface area contributed by atoms with Crippen molar-refractivity contribution in [2.75, 3.05) is 20.2 Å². The molecule has 1 fully saturated rings. The maximum Gasteiger partial charge on any atom is 0.248 e. The van der Waals surface area contributed by atoms with Crippen LogP contribution < -0.4 is 10.1 Å². The number of carbonyl (C=O) groups is 1. The van der Waals surface area contributed by atoms with Gasteiger partial charge < -0.3 is 14.6 Å². The summed E-state index contributed by atoms with van der Waals surface area (Å²) in [6, 6.07) is 3.54. The SMILES string of the molecule is COc1ccc(CNC(=O)[C@@H]2CCCN(S(=O)(=O)c3c(C)noc3C)C2)cn1. The zero-order chi connectivity index (χ0) is 20.3. The highest BCUT2D eigenvalue weighted by Gasteiger charge is 2.36. The van der Waals surface area contributed by atoms with Crippen LogP contribution >= 0.6 is 0 Å². The highest BCUT2D eigenvalue weighted by atomic mass is 32.2. The van der Waals surface area contributed by atoms with Gasteiger partial charge in [0, 0.05) is 31.9 Å². The van der Waals surface area contributed by atoms with Crippen molar-refractivity contribution in [3.05, 3.63) is 35.3 Å². The van der Waals surface area contributed by atoms with Crippen molar-refractivity contribution < 1.29 is 22.5 Å². The highest BCUT2D eigenvalue weighted by Crippen LogP contribution is 2.27. The van der Waals surface area contributed by atoms with Crippen LogP contribution in [0, 0.1) is 19.8 Å². The van der Waals surface area contributed by atoms with Gasteiger partial charge in [-0.3, -0.25) is 4.79 Å². The molecular weight excluding hydrogens is 384 g/mol. The van der Waals surface area contributed by atoms with Crippen molar-refractivity contribution in [3.63, 3.8) is 0 Å². The minimum atomic E-state index is -3.75. The highest BCUT2D eigenvalue weighted by molar-refractivity contribution is 7.89. The van der Waals surface area contributed by atoms with E-state index in [1.54, 1.807) is 26.1 Å². The van der Waals surface area contributed by atoms with Gasteiger partial charge in [0.2, 0.25) is 21.8 Å². The van der Waals surface area contributed by atoms with Crippen LogP contribution in [0.25, 0.3) is 0 Å². The van der Waals surface area contributed by atoms with Gasteiger partial charge in [0.1, 0.15) is 10.6 Å². The summed E-state index contributed by atoms with van der Waals surface area (Å²) in [7, 11) is -2.21. The van der Waals surface area contributed by atoms with Crippen molar-refractivity contribution in [2.45, 2.75) is 38.1 Å². The van der Waals surface area contributed by atoms with Crippen LogP contribution in [-0.2, 0) is 21.4 Å². The molecule has 0 saturated carbocycles. The Labute approximate surface area is 164 Å². The molecule has 9 nitrogen and oxygen atoms in total. The maximum absolute atomic E-state index is 13.0. The molecule has 0 bridgehead atoms. The van der Waals surface area contributed by atoms with Crippen molar-refractivity contribution in [3.8, 4) is 5.88 Å². The number of nitrogens with zero attached hydrogens (tertiary/aromatic N) is 3. The summed E-state index contributed by atoms with van der Waals surface area (Å²) in [5.74, 6) is 0.184. The molecule has 2 aromatic heterocycles. The number of aryl methyl sites for hydroxylation is 2. The molecule has 0 unspecified atom stereocenters. The fourth-order valence-corrected chi connectivity index (χ4v) is 5.13. The first-order valence-electron chi connectivity index (χ1n) is 9.02. The molecule has 1 amide bonds. The molecule has 0 aromatic carbocycles. The summed E-state index contributed by atoms with van der Waals surface area (Å²) in [5.41, 5.74) is 1.17. The number of piperidine rings is 1. The molecule has 0 aliphatic carbocycles. The molecule has 2 aromatic rings. The normalized spacial score (nSPS) is 18.0. The Morgan fingerprint density at radius 2 is 2.18 bits per heavy atom. The lowest BCUT2D eigenvalue weighted by Gasteiger charge is -2.31. The Balaban J connectivity index is 1.64. The van der Waals surface area contributed by atoms with Crippen LogP contribution in [-0.4, -0.2) is 49.0 Å². The third-order valence-electron chi connectivity index (χ3n) is 4.79. The quantitative estimate of drug-likeness (QED) is 0.768. The second kappa shape index (κ2) is 8.27. The number of sulfonamides is 1. The van der Waals surface area contributed by atoms with Gasteiger partial charge in [-0.1, -0.05) is 11.2 Å². The van der Waals surface area contributed by atoms with E-state index in [1.807, 2.05) is 6.07 Å². The fourth-order valence-electron chi connectivity index (χ4n) is 3.32. The summed E-state index contributed by atoms with van der Waals surface area (Å²) in [5, 5.41) is 6.60. The second-order valence-corrected chi connectivity index (χ2v) is 8.66. The smallest absolute Gasteiger partial charge is 0.248 e. The molecule has 28 heavy (non-hydrogen) atoms. The summed E-state index contributed by atoms with van der Waals surface area (Å²) in [6.45, 7) is 4.00. The first kappa shape index (κ1) is 20.3. The fraction of sp³-hybridized carbons (Fsp3) is 0.500. The maximum atomic E-state index is 13.0. The Kier molecular flexibility index (Phi) is 5.99. The van der Waals surface area contributed by atoms with E-state index < -0.39 is 15.9 Å². The molecule has 10 heteroatoms. The van der Waals surface area contributed by atoms with E-state index in [9.17, 15) is 13.2 Å². The third kappa shape index (κ3) is 4.17. The summed E-state index contributed by atoms with van der Waals surface area (Å²) in [6.07, 6.45) is 2.89. The Bertz CT molecular complexity index is 920. The van der Waals surface area contributed by atoms with Gasteiger partial charge in [0.25, 0.3) is 0 Å². The summed E-state index contributed by atoms with van der Waals surface area (Å²) >= 11 is 0. The van der Waals surface area contributed by atoms with Crippen LogP contribution in [0.1, 0.15) is 29.9 Å². The number of aromatic nitrogens is 2. The zero-order valence-corrected chi connectivity index (χ0v) is 17.0. The molecule has 3 rings (SSSR count). The van der Waals surface area contributed by atoms with Crippen molar-refractivity contribution >= 4 is 15.9 Å². The molecule has 1 aliphatic rings. The zero-order valence-electron chi connectivity index (χ0n) is 16.1. The van der Waals surface area contributed by atoms with Crippen LogP contribution in [0.3, 0.4) is 0 Å². The predicted molar refractivity (Wildman–Crippen MR) is 100 cm³/mol. The number of rotatable bonds is 6. The average Bonchev–Trinajstić information content (AvgIpc) is 3.05.